The van der Waals surface area contributed by atoms with E-state index in [1.807, 2.05) is 10.9 Å². The maximum Gasteiger partial charge on any atom is 0.223 e. The molecule has 1 saturated heterocycles. The Morgan fingerprint density at radius 2 is 2.07 bits per heavy atom. The predicted octanol–water partition coefficient (Wildman–Crippen LogP) is 2.40. The van der Waals surface area contributed by atoms with Crippen molar-refractivity contribution >= 4 is 5.91 Å². The van der Waals surface area contributed by atoms with E-state index in [2.05, 4.69) is 29.5 Å². The molecule has 0 unspecified atom stereocenters. The fraction of sp³-hybridized carbons (Fsp3) is 0.850. The molecular formula is C20H34N4O3. The molecule has 152 valence electrons. The standard InChI is InChI=1S/C20H34N4O3/c1-14(2)18-12-24(23-22-18)11-10-16-8-9-17(19(13-25)27-16)21-20(26)15-6-4-3-5-7-15/h12,14-17,19,25H,3-11,13H2,1-2H3,(H,21,26)/t16-,17-,19-/m1/s1. The van der Waals surface area contributed by atoms with Crippen LogP contribution in [-0.2, 0) is 16.1 Å². The predicted molar refractivity (Wildman–Crippen MR) is 102 cm³/mol. The van der Waals surface area contributed by atoms with Gasteiger partial charge in [0, 0.05) is 18.7 Å². The van der Waals surface area contributed by atoms with Crippen LogP contribution in [0.3, 0.4) is 0 Å². The third kappa shape index (κ3) is 5.51. The van der Waals surface area contributed by atoms with Crippen LogP contribution in [-0.4, -0.2) is 50.9 Å². The second-order valence-electron chi connectivity index (χ2n) is 8.36. The number of amides is 1. The number of aromatic nitrogens is 3. The Hall–Kier alpha value is -1.47. The molecule has 0 aromatic carbocycles. The van der Waals surface area contributed by atoms with E-state index in [1.165, 1.54) is 6.42 Å². The molecule has 1 saturated carbocycles. The summed E-state index contributed by atoms with van der Waals surface area (Å²) >= 11 is 0. The van der Waals surface area contributed by atoms with Crippen molar-refractivity contribution in [1.82, 2.24) is 20.3 Å². The van der Waals surface area contributed by atoms with Gasteiger partial charge in [-0.2, -0.15) is 0 Å². The van der Waals surface area contributed by atoms with E-state index in [1.54, 1.807) is 0 Å². The number of hydrogen-bond acceptors (Lipinski definition) is 5. The van der Waals surface area contributed by atoms with E-state index in [-0.39, 0.29) is 36.7 Å². The zero-order valence-electron chi connectivity index (χ0n) is 16.6. The molecule has 7 nitrogen and oxygen atoms in total. The highest BCUT2D eigenvalue weighted by molar-refractivity contribution is 5.79. The zero-order valence-corrected chi connectivity index (χ0v) is 16.6. The summed E-state index contributed by atoms with van der Waals surface area (Å²) in [5.41, 5.74) is 0.998. The fourth-order valence-corrected chi connectivity index (χ4v) is 4.14. The smallest absolute Gasteiger partial charge is 0.223 e. The van der Waals surface area contributed by atoms with Gasteiger partial charge in [0.2, 0.25) is 5.91 Å². The highest BCUT2D eigenvalue weighted by Crippen LogP contribution is 2.26. The lowest BCUT2D eigenvalue weighted by Gasteiger charge is -2.37. The summed E-state index contributed by atoms with van der Waals surface area (Å²) in [5.74, 6) is 0.652. The van der Waals surface area contributed by atoms with Crippen molar-refractivity contribution in [2.24, 2.45) is 5.92 Å². The van der Waals surface area contributed by atoms with Gasteiger partial charge in [-0.15, -0.1) is 5.10 Å². The Morgan fingerprint density at radius 1 is 1.30 bits per heavy atom. The molecule has 1 aliphatic carbocycles. The lowest BCUT2D eigenvalue weighted by Crippen LogP contribution is -2.52. The van der Waals surface area contributed by atoms with Gasteiger partial charge in [0.1, 0.15) is 6.10 Å². The molecule has 0 spiro atoms. The van der Waals surface area contributed by atoms with Crippen LogP contribution in [0.4, 0.5) is 0 Å². The molecule has 2 heterocycles. The zero-order chi connectivity index (χ0) is 19.2. The largest absolute Gasteiger partial charge is 0.394 e. The van der Waals surface area contributed by atoms with E-state index in [0.717, 1.165) is 57.2 Å². The molecule has 0 bridgehead atoms. The molecule has 2 aliphatic rings. The first-order valence-electron chi connectivity index (χ1n) is 10.5. The van der Waals surface area contributed by atoms with E-state index < -0.39 is 0 Å². The molecule has 1 aromatic heterocycles. The molecule has 2 N–H and O–H groups in total. The molecule has 3 atom stereocenters. The molecule has 1 aliphatic heterocycles. The molecule has 1 amide bonds. The normalized spacial score (nSPS) is 27.0. The van der Waals surface area contributed by atoms with Gasteiger partial charge >= 0.3 is 0 Å². The summed E-state index contributed by atoms with van der Waals surface area (Å²) < 4.78 is 7.95. The third-order valence-corrected chi connectivity index (χ3v) is 5.93. The molecule has 7 heteroatoms. The summed E-state index contributed by atoms with van der Waals surface area (Å²) in [6.07, 6.45) is 9.82. The van der Waals surface area contributed by atoms with Crippen LogP contribution in [0.5, 0.6) is 0 Å². The Bertz CT molecular complexity index is 598. The van der Waals surface area contributed by atoms with Gasteiger partial charge in [-0.3, -0.25) is 9.48 Å². The van der Waals surface area contributed by atoms with Gasteiger partial charge in [0.15, 0.2) is 0 Å². The van der Waals surface area contributed by atoms with Gasteiger partial charge in [-0.25, -0.2) is 0 Å². The maximum absolute atomic E-state index is 12.5. The van der Waals surface area contributed by atoms with Crippen LogP contribution in [0, 0.1) is 5.92 Å². The van der Waals surface area contributed by atoms with Crippen molar-refractivity contribution in [1.29, 1.82) is 0 Å². The van der Waals surface area contributed by atoms with Crippen LogP contribution in [0.2, 0.25) is 0 Å². The van der Waals surface area contributed by atoms with Gasteiger partial charge < -0.3 is 15.2 Å². The van der Waals surface area contributed by atoms with Crippen molar-refractivity contribution < 1.29 is 14.6 Å². The van der Waals surface area contributed by atoms with Gasteiger partial charge in [-0.05, 0) is 38.0 Å². The van der Waals surface area contributed by atoms with E-state index in [9.17, 15) is 9.90 Å². The number of rotatable bonds is 7. The maximum atomic E-state index is 12.5. The number of aryl methyl sites for hydroxylation is 1. The monoisotopic (exact) mass is 378 g/mol. The van der Waals surface area contributed by atoms with Gasteiger partial charge in [0.25, 0.3) is 0 Å². The number of aliphatic hydroxyl groups is 1. The summed E-state index contributed by atoms with van der Waals surface area (Å²) in [5, 5.41) is 21.3. The number of carbonyl (C=O) groups is 1. The number of carbonyl (C=O) groups excluding carboxylic acids is 1. The molecule has 3 rings (SSSR count). The Balaban J connectivity index is 1.46. The Kier molecular flexibility index (Phi) is 7.24. The Labute approximate surface area is 161 Å². The average molecular weight is 379 g/mol. The van der Waals surface area contributed by atoms with Crippen LogP contribution in [0.1, 0.15) is 76.8 Å². The second kappa shape index (κ2) is 9.64. The minimum atomic E-state index is -0.321. The fourth-order valence-electron chi connectivity index (χ4n) is 4.14. The van der Waals surface area contributed by atoms with Crippen molar-refractivity contribution in [3.8, 4) is 0 Å². The SMILES string of the molecule is CC(C)c1cn(CC[C@H]2CC[C@@H](NC(=O)C3CCCCC3)[C@@H](CO)O2)nn1. The van der Waals surface area contributed by atoms with Crippen molar-refractivity contribution in [2.45, 2.75) is 95.9 Å². The lowest BCUT2D eigenvalue weighted by molar-refractivity contribution is -0.133. The second-order valence-corrected chi connectivity index (χ2v) is 8.36. The van der Waals surface area contributed by atoms with E-state index >= 15 is 0 Å². The first-order chi connectivity index (χ1) is 13.1. The van der Waals surface area contributed by atoms with Gasteiger partial charge in [-0.1, -0.05) is 38.3 Å². The molecule has 0 radical (unpaired) electrons. The van der Waals surface area contributed by atoms with Crippen molar-refractivity contribution in [3.63, 3.8) is 0 Å². The topological polar surface area (TPSA) is 89.3 Å². The summed E-state index contributed by atoms with van der Waals surface area (Å²) in [6.45, 7) is 4.90. The van der Waals surface area contributed by atoms with Crippen LogP contribution in [0.25, 0.3) is 0 Å². The van der Waals surface area contributed by atoms with E-state index in [0.29, 0.717) is 5.92 Å². The summed E-state index contributed by atoms with van der Waals surface area (Å²) in [4.78, 5) is 12.5. The highest BCUT2D eigenvalue weighted by Gasteiger charge is 2.33. The molecule has 1 aromatic rings. The molecule has 2 fully saturated rings. The molecule has 27 heavy (non-hydrogen) atoms. The molecular weight excluding hydrogens is 344 g/mol. The number of nitrogens with zero attached hydrogens (tertiary/aromatic N) is 3. The highest BCUT2D eigenvalue weighted by atomic mass is 16.5. The van der Waals surface area contributed by atoms with Crippen LogP contribution >= 0.6 is 0 Å². The minimum absolute atomic E-state index is 0.0626. The first kappa shape index (κ1) is 20.3. The number of hydrogen-bond donors (Lipinski definition) is 2. The number of nitrogens with one attached hydrogen (secondary N) is 1. The minimum Gasteiger partial charge on any atom is -0.394 e. The quantitative estimate of drug-likeness (QED) is 0.760. The van der Waals surface area contributed by atoms with Gasteiger partial charge in [0.05, 0.1) is 24.4 Å². The van der Waals surface area contributed by atoms with E-state index in [4.69, 9.17) is 4.74 Å². The van der Waals surface area contributed by atoms with Crippen LogP contribution < -0.4 is 5.32 Å². The van der Waals surface area contributed by atoms with Crippen LogP contribution in [0.15, 0.2) is 6.20 Å². The van der Waals surface area contributed by atoms with Crippen molar-refractivity contribution in [2.75, 3.05) is 6.61 Å². The summed E-state index contributed by atoms with van der Waals surface area (Å²) in [6, 6.07) is -0.0837. The number of aliphatic hydroxyl groups excluding tert-OH is 1. The number of ether oxygens (including phenoxy) is 1. The Morgan fingerprint density at radius 3 is 2.74 bits per heavy atom. The third-order valence-electron chi connectivity index (χ3n) is 5.93. The average Bonchev–Trinajstić information content (AvgIpc) is 3.17. The lowest BCUT2D eigenvalue weighted by atomic mass is 9.88. The first-order valence-corrected chi connectivity index (χ1v) is 10.5. The van der Waals surface area contributed by atoms with Crippen molar-refractivity contribution in [3.05, 3.63) is 11.9 Å². The summed E-state index contributed by atoms with van der Waals surface area (Å²) in [7, 11) is 0.